The molecule has 50 valence electrons. The molecule has 2 heteroatoms. The van der Waals surface area contributed by atoms with Crippen molar-refractivity contribution in [3.63, 3.8) is 0 Å². The molecule has 0 fully saturated rings. The molecule has 2 nitrogen and oxygen atoms in total. The smallest absolute Gasteiger partial charge is 0.152 e. The zero-order valence-electron chi connectivity index (χ0n) is 5.66. The molecule has 2 heterocycles. The highest BCUT2D eigenvalue weighted by molar-refractivity contribution is 5.79. The Morgan fingerprint density at radius 3 is 3.20 bits per heavy atom. The van der Waals surface area contributed by atoms with E-state index in [1.165, 1.54) is 0 Å². The molecular formula is C8H7NO. The van der Waals surface area contributed by atoms with E-state index < -0.39 is 0 Å². The normalized spacial score (nSPS) is 10.5. The molecule has 2 aromatic rings. The second kappa shape index (κ2) is 1.84. The quantitative estimate of drug-likeness (QED) is 0.550. The van der Waals surface area contributed by atoms with Crippen LogP contribution in [0.4, 0.5) is 0 Å². The molecule has 0 saturated heterocycles. The monoisotopic (exact) mass is 133 g/mol. The Balaban J connectivity index is 2.93. The van der Waals surface area contributed by atoms with E-state index in [9.17, 15) is 0 Å². The number of aromatic nitrogens is 1. The molecule has 0 spiro atoms. The molecule has 0 aliphatic heterocycles. The molecule has 10 heavy (non-hydrogen) atoms. The van der Waals surface area contributed by atoms with Gasteiger partial charge in [-0.2, -0.15) is 0 Å². The van der Waals surface area contributed by atoms with Crippen molar-refractivity contribution in [3.8, 4) is 0 Å². The summed E-state index contributed by atoms with van der Waals surface area (Å²) in [4.78, 5) is 3.93. The van der Waals surface area contributed by atoms with Gasteiger partial charge in [-0.1, -0.05) is 0 Å². The van der Waals surface area contributed by atoms with Gasteiger partial charge in [0.15, 0.2) is 5.58 Å². The van der Waals surface area contributed by atoms with E-state index in [0.717, 1.165) is 16.5 Å². The van der Waals surface area contributed by atoms with Gasteiger partial charge in [0.25, 0.3) is 0 Å². The Morgan fingerprint density at radius 2 is 2.40 bits per heavy atom. The van der Waals surface area contributed by atoms with Crippen molar-refractivity contribution in [1.82, 2.24) is 4.98 Å². The summed E-state index contributed by atoms with van der Waals surface area (Å²) in [6.07, 6.45) is 5.24. The summed E-state index contributed by atoms with van der Waals surface area (Å²) in [7, 11) is 0. The zero-order chi connectivity index (χ0) is 6.97. The van der Waals surface area contributed by atoms with Gasteiger partial charge in [-0.05, 0) is 18.6 Å². The van der Waals surface area contributed by atoms with E-state index in [1.54, 1.807) is 18.7 Å². The summed E-state index contributed by atoms with van der Waals surface area (Å²) in [6.45, 7) is 2.02. The van der Waals surface area contributed by atoms with E-state index >= 15 is 0 Å². The lowest BCUT2D eigenvalue weighted by Gasteiger charge is -1.84. The van der Waals surface area contributed by atoms with Crippen LogP contribution in [-0.4, -0.2) is 4.98 Å². The summed E-state index contributed by atoms with van der Waals surface area (Å²) in [5.41, 5.74) is 2.03. The van der Waals surface area contributed by atoms with Crippen LogP contribution >= 0.6 is 0 Å². The first kappa shape index (κ1) is 5.47. The minimum atomic E-state index is 0.861. The van der Waals surface area contributed by atoms with E-state index in [0.29, 0.717) is 0 Å². The SMILES string of the molecule is Cc1coc2cnccc12. The molecule has 0 aliphatic rings. The third-order valence-electron chi connectivity index (χ3n) is 1.57. The van der Waals surface area contributed by atoms with Gasteiger partial charge >= 0.3 is 0 Å². The van der Waals surface area contributed by atoms with Gasteiger partial charge in [0, 0.05) is 11.6 Å². The van der Waals surface area contributed by atoms with Crippen LogP contribution in [-0.2, 0) is 0 Å². The van der Waals surface area contributed by atoms with Crippen molar-refractivity contribution in [2.75, 3.05) is 0 Å². The molecule has 0 unspecified atom stereocenters. The van der Waals surface area contributed by atoms with Gasteiger partial charge in [0.2, 0.25) is 0 Å². The maximum Gasteiger partial charge on any atom is 0.152 e. The van der Waals surface area contributed by atoms with Crippen LogP contribution in [0.25, 0.3) is 11.0 Å². The van der Waals surface area contributed by atoms with Gasteiger partial charge in [-0.25, -0.2) is 0 Å². The van der Waals surface area contributed by atoms with Crippen molar-refractivity contribution in [2.45, 2.75) is 6.92 Å². The number of rotatable bonds is 0. The molecule has 0 bridgehead atoms. The Morgan fingerprint density at radius 1 is 1.50 bits per heavy atom. The number of nitrogens with zero attached hydrogens (tertiary/aromatic N) is 1. The first-order chi connectivity index (χ1) is 4.88. The maximum atomic E-state index is 5.19. The summed E-state index contributed by atoms with van der Waals surface area (Å²) in [5, 5.41) is 1.15. The van der Waals surface area contributed by atoms with Crippen LogP contribution in [0.15, 0.2) is 29.1 Å². The number of hydrogen-bond acceptors (Lipinski definition) is 2. The van der Waals surface area contributed by atoms with Gasteiger partial charge < -0.3 is 4.42 Å². The molecule has 0 aliphatic carbocycles. The first-order valence-corrected chi connectivity index (χ1v) is 3.16. The predicted molar refractivity (Wildman–Crippen MR) is 38.7 cm³/mol. The van der Waals surface area contributed by atoms with Gasteiger partial charge in [0.05, 0.1) is 12.5 Å². The van der Waals surface area contributed by atoms with Gasteiger partial charge in [-0.3, -0.25) is 4.98 Å². The lowest BCUT2D eigenvalue weighted by atomic mass is 10.2. The summed E-state index contributed by atoms with van der Waals surface area (Å²) in [5.74, 6) is 0. The Labute approximate surface area is 58.5 Å². The number of fused-ring (bicyclic) bond motifs is 1. The number of aryl methyl sites for hydroxylation is 1. The first-order valence-electron chi connectivity index (χ1n) is 3.16. The van der Waals surface area contributed by atoms with Gasteiger partial charge in [-0.15, -0.1) is 0 Å². The van der Waals surface area contributed by atoms with Crippen LogP contribution in [0.2, 0.25) is 0 Å². The molecule has 0 aromatic carbocycles. The fourth-order valence-electron chi connectivity index (χ4n) is 1.02. The van der Waals surface area contributed by atoms with Gasteiger partial charge in [0.1, 0.15) is 0 Å². The molecular weight excluding hydrogens is 126 g/mol. The average molecular weight is 133 g/mol. The molecule has 2 rings (SSSR count). The molecule has 0 N–H and O–H groups in total. The summed E-state index contributed by atoms with van der Waals surface area (Å²) in [6, 6.07) is 1.95. The fourth-order valence-corrected chi connectivity index (χ4v) is 1.02. The van der Waals surface area contributed by atoms with E-state index in [-0.39, 0.29) is 0 Å². The molecule has 2 aromatic heterocycles. The van der Waals surface area contributed by atoms with Crippen molar-refractivity contribution in [2.24, 2.45) is 0 Å². The lowest BCUT2D eigenvalue weighted by Crippen LogP contribution is -1.68. The van der Waals surface area contributed by atoms with E-state index in [2.05, 4.69) is 4.98 Å². The third-order valence-corrected chi connectivity index (χ3v) is 1.57. The Kier molecular flexibility index (Phi) is 1.01. The number of hydrogen-bond donors (Lipinski definition) is 0. The minimum absolute atomic E-state index is 0.861. The highest BCUT2D eigenvalue weighted by Crippen LogP contribution is 2.17. The molecule has 0 amide bonds. The summed E-state index contributed by atoms with van der Waals surface area (Å²) >= 11 is 0. The Bertz CT molecular complexity index is 351. The second-order valence-corrected chi connectivity index (χ2v) is 2.29. The van der Waals surface area contributed by atoms with E-state index in [1.807, 2.05) is 13.0 Å². The third kappa shape index (κ3) is 0.620. The number of furan rings is 1. The fraction of sp³-hybridized carbons (Fsp3) is 0.125. The van der Waals surface area contributed by atoms with Crippen molar-refractivity contribution < 1.29 is 4.42 Å². The van der Waals surface area contributed by atoms with Crippen LogP contribution < -0.4 is 0 Å². The second-order valence-electron chi connectivity index (χ2n) is 2.29. The predicted octanol–water partition coefficient (Wildman–Crippen LogP) is 2.14. The highest BCUT2D eigenvalue weighted by atomic mass is 16.3. The highest BCUT2D eigenvalue weighted by Gasteiger charge is 1.98. The standard InChI is InChI=1S/C8H7NO/c1-6-5-10-8-4-9-3-2-7(6)8/h2-5H,1H3. The van der Waals surface area contributed by atoms with E-state index in [4.69, 9.17) is 4.42 Å². The largest absolute Gasteiger partial charge is 0.462 e. The van der Waals surface area contributed by atoms with Crippen LogP contribution in [0, 0.1) is 6.92 Å². The summed E-state index contributed by atoms with van der Waals surface area (Å²) < 4.78 is 5.19. The lowest BCUT2D eigenvalue weighted by molar-refractivity contribution is 0.611. The van der Waals surface area contributed by atoms with Crippen LogP contribution in [0.5, 0.6) is 0 Å². The molecule has 0 atom stereocenters. The Hall–Kier alpha value is -1.31. The van der Waals surface area contributed by atoms with Crippen molar-refractivity contribution in [1.29, 1.82) is 0 Å². The van der Waals surface area contributed by atoms with Crippen molar-refractivity contribution >= 4 is 11.0 Å². The van der Waals surface area contributed by atoms with Crippen LogP contribution in [0.1, 0.15) is 5.56 Å². The molecule has 0 saturated carbocycles. The number of pyridine rings is 1. The maximum absolute atomic E-state index is 5.19. The average Bonchev–Trinajstić information content (AvgIpc) is 2.34. The van der Waals surface area contributed by atoms with Crippen molar-refractivity contribution in [3.05, 3.63) is 30.3 Å². The zero-order valence-corrected chi connectivity index (χ0v) is 5.66. The minimum Gasteiger partial charge on any atom is -0.462 e. The molecule has 0 radical (unpaired) electrons. The van der Waals surface area contributed by atoms with Crippen LogP contribution in [0.3, 0.4) is 0 Å². The topological polar surface area (TPSA) is 26.0 Å².